The molecule has 3 N–H and O–H groups in total. The third-order valence-electron chi connectivity index (χ3n) is 6.01. The maximum Gasteiger partial charge on any atom is 0.314 e. The van der Waals surface area contributed by atoms with Gasteiger partial charge in [0.05, 0.1) is 19.3 Å². The molecule has 0 spiro atoms. The summed E-state index contributed by atoms with van der Waals surface area (Å²) in [6.07, 6.45) is 2.83. The minimum absolute atomic E-state index is 0.124. The van der Waals surface area contributed by atoms with E-state index in [1.54, 1.807) is 0 Å². The summed E-state index contributed by atoms with van der Waals surface area (Å²) in [7, 11) is 0. The molecule has 1 atom stereocenters. The molecule has 2 amide bonds. The van der Waals surface area contributed by atoms with Crippen LogP contribution in [0.3, 0.4) is 0 Å². The van der Waals surface area contributed by atoms with Gasteiger partial charge in [0.2, 0.25) is 0 Å². The molecule has 0 bridgehead atoms. The van der Waals surface area contributed by atoms with Gasteiger partial charge in [0, 0.05) is 43.3 Å². The second kappa shape index (κ2) is 9.98. The second-order valence-corrected chi connectivity index (χ2v) is 8.32. The maximum absolute atomic E-state index is 12.5. The van der Waals surface area contributed by atoms with E-state index in [1.807, 2.05) is 6.20 Å². The van der Waals surface area contributed by atoms with E-state index < -0.39 is 0 Å². The summed E-state index contributed by atoms with van der Waals surface area (Å²) in [5, 5.41) is 7.31. The van der Waals surface area contributed by atoms with Gasteiger partial charge in [-0.25, -0.2) is 4.79 Å². The first-order valence-electron chi connectivity index (χ1n) is 11.1. The van der Waals surface area contributed by atoms with Crippen molar-refractivity contribution in [2.75, 3.05) is 39.4 Å². The number of carbonyl (C=O) groups excluding carboxylic acids is 1. The Labute approximate surface area is 184 Å². The van der Waals surface area contributed by atoms with Crippen LogP contribution in [0, 0.1) is 13.8 Å². The first kappa shape index (κ1) is 21.4. The third-order valence-corrected chi connectivity index (χ3v) is 6.01. The highest BCUT2D eigenvalue weighted by molar-refractivity contribution is 5.83. The Bertz CT molecular complexity index is 1010. The molecule has 6 nitrogen and oxygen atoms in total. The van der Waals surface area contributed by atoms with E-state index in [1.165, 1.54) is 27.6 Å². The Kier molecular flexibility index (Phi) is 6.89. The van der Waals surface area contributed by atoms with Crippen LogP contribution in [0.1, 0.15) is 28.3 Å². The second-order valence-electron chi connectivity index (χ2n) is 8.32. The van der Waals surface area contributed by atoms with E-state index in [0.29, 0.717) is 13.1 Å². The summed E-state index contributed by atoms with van der Waals surface area (Å²) in [5.74, 6) is 0. The van der Waals surface area contributed by atoms with Crippen molar-refractivity contribution in [3.63, 3.8) is 0 Å². The Hall–Kier alpha value is -2.83. The van der Waals surface area contributed by atoms with Crippen molar-refractivity contribution in [1.82, 2.24) is 20.5 Å². The zero-order valence-corrected chi connectivity index (χ0v) is 18.4. The van der Waals surface area contributed by atoms with Crippen LogP contribution in [-0.2, 0) is 11.2 Å². The van der Waals surface area contributed by atoms with Gasteiger partial charge in [-0.05, 0) is 43.0 Å². The molecule has 2 aromatic carbocycles. The Morgan fingerprint density at radius 1 is 1.06 bits per heavy atom. The number of aromatic nitrogens is 1. The Morgan fingerprint density at radius 3 is 2.58 bits per heavy atom. The minimum atomic E-state index is -0.124. The molecule has 1 aliphatic heterocycles. The van der Waals surface area contributed by atoms with E-state index in [-0.39, 0.29) is 12.1 Å². The summed E-state index contributed by atoms with van der Waals surface area (Å²) in [6.45, 7) is 8.57. The fraction of sp³-hybridized carbons (Fsp3) is 0.400. The molecule has 0 aliphatic carbocycles. The number of amides is 2. The van der Waals surface area contributed by atoms with Gasteiger partial charge in [0.15, 0.2) is 0 Å². The summed E-state index contributed by atoms with van der Waals surface area (Å²) < 4.78 is 5.51. The van der Waals surface area contributed by atoms with E-state index in [4.69, 9.17) is 4.74 Å². The van der Waals surface area contributed by atoms with E-state index >= 15 is 0 Å². The van der Waals surface area contributed by atoms with Crippen molar-refractivity contribution in [1.29, 1.82) is 0 Å². The molecule has 0 radical (unpaired) electrons. The fourth-order valence-electron chi connectivity index (χ4n) is 4.21. The average Bonchev–Trinajstić information content (AvgIpc) is 3.18. The average molecular weight is 421 g/mol. The van der Waals surface area contributed by atoms with Gasteiger partial charge in [0.25, 0.3) is 0 Å². The Morgan fingerprint density at radius 2 is 1.81 bits per heavy atom. The zero-order valence-electron chi connectivity index (χ0n) is 18.4. The van der Waals surface area contributed by atoms with Gasteiger partial charge in [-0.2, -0.15) is 0 Å². The molecule has 1 fully saturated rings. The van der Waals surface area contributed by atoms with Crippen molar-refractivity contribution in [3.05, 3.63) is 70.9 Å². The smallest absolute Gasteiger partial charge is 0.314 e. The lowest BCUT2D eigenvalue weighted by Crippen LogP contribution is -2.46. The monoisotopic (exact) mass is 420 g/mol. The highest BCUT2D eigenvalue weighted by Gasteiger charge is 2.23. The molecule has 1 aliphatic rings. The molecule has 2 heterocycles. The lowest BCUT2D eigenvalue weighted by Gasteiger charge is -2.35. The molecule has 164 valence electrons. The number of benzene rings is 2. The van der Waals surface area contributed by atoms with Crippen LogP contribution in [0.2, 0.25) is 0 Å². The SMILES string of the molecule is Cc1ccc(C(CNC(=O)NCCc2c[nH]c3cc(C)ccc23)N2CCOCC2)cc1. The normalized spacial score (nSPS) is 15.7. The number of aromatic amines is 1. The number of nitrogens with zero attached hydrogens (tertiary/aromatic N) is 1. The number of ether oxygens (including phenoxy) is 1. The number of morpholine rings is 1. The van der Waals surface area contributed by atoms with Gasteiger partial charge >= 0.3 is 6.03 Å². The van der Waals surface area contributed by atoms with Crippen LogP contribution in [0.25, 0.3) is 10.9 Å². The molecular formula is C25H32N4O2. The predicted molar refractivity (Wildman–Crippen MR) is 124 cm³/mol. The molecule has 4 rings (SSSR count). The standard InChI is InChI=1S/C25H32N4O2/c1-18-3-6-20(7-4-18)24(29-11-13-31-14-12-29)17-28-25(30)26-10-9-21-16-27-23-15-19(2)5-8-22(21)23/h3-8,15-16,24,27H,9-14,17H2,1-2H3,(H2,26,28,30). The van der Waals surface area contributed by atoms with Crippen LogP contribution >= 0.6 is 0 Å². The van der Waals surface area contributed by atoms with Crippen molar-refractivity contribution in [3.8, 4) is 0 Å². The molecule has 1 aromatic heterocycles. The van der Waals surface area contributed by atoms with Gasteiger partial charge in [-0.15, -0.1) is 0 Å². The number of aryl methyl sites for hydroxylation is 2. The molecule has 0 saturated carbocycles. The quantitative estimate of drug-likeness (QED) is 0.546. The largest absolute Gasteiger partial charge is 0.379 e. The van der Waals surface area contributed by atoms with Crippen molar-refractivity contribution in [2.45, 2.75) is 26.3 Å². The maximum atomic E-state index is 12.5. The van der Waals surface area contributed by atoms with Gasteiger partial charge in [0.1, 0.15) is 0 Å². The first-order valence-corrected chi connectivity index (χ1v) is 11.1. The summed E-state index contributed by atoms with van der Waals surface area (Å²) in [4.78, 5) is 18.2. The molecule has 31 heavy (non-hydrogen) atoms. The number of fused-ring (bicyclic) bond motifs is 1. The van der Waals surface area contributed by atoms with E-state index in [9.17, 15) is 4.79 Å². The van der Waals surface area contributed by atoms with Crippen LogP contribution in [-0.4, -0.2) is 55.3 Å². The van der Waals surface area contributed by atoms with Crippen LogP contribution < -0.4 is 10.6 Å². The minimum Gasteiger partial charge on any atom is -0.379 e. The lowest BCUT2D eigenvalue weighted by atomic mass is 10.0. The fourth-order valence-corrected chi connectivity index (χ4v) is 4.21. The number of nitrogens with one attached hydrogen (secondary N) is 3. The van der Waals surface area contributed by atoms with Crippen molar-refractivity contribution >= 4 is 16.9 Å². The van der Waals surface area contributed by atoms with Gasteiger partial charge < -0.3 is 20.4 Å². The van der Waals surface area contributed by atoms with Crippen molar-refractivity contribution < 1.29 is 9.53 Å². The molecule has 3 aromatic rings. The molecule has 1 unspecified atom stereocenters. The van der Waals surface area contributed by atoms with E-state index in [0.717, 1.165) is 38.2 Å². The zero-order chi connectivity index (χ0) is 21.6. The highest BCUT2D eigenvalue weighted by Crippen LogP contribution is 2.22. The highest BCUT2D eigenvalue weighted by atomic mass is 16.5. The number of H-pyrrole nitrogens is 1. The number of hydrogen-bond acceptors (Lipinski definition) is 3. The third kappa shape index (κ3) is 5.46. The number of rotatable bonds is 7. The molecular weight excluding hydrogens is 388 g/mol. The summed E-state index contributed by atoms with van der Waals surface area (Å²) >= 11 is 0. The van der Waals surface area contributed by atoms with Crippen LogP contribution in [0.5, 0.6) is 0 Å². The van der Waals surface area contributed by atoms with Crippen LogP contribution in [0.4, 0.5) is 4.79 Å². The van der Waals surface area contributed by atoms with Gasteiger partial charge in [-0.3, -0.25) is 4.90 Å². The van der Waals surface area contributed by atoms with Crippen LogP contribution in [0.15, 0.2) is 48.7 Å². The number of urea groups is 1. The van der Waals surface area contributed by atoms with Crippen molar-refractivity contribution in [2.24, 2.45) is 0 Å². The predicted octanol–water partition coefficient (Wildman–Crippen LogP) is 3.70. The Balaban J connectivity index is 1.31. The summed E-state index contributed by atoms with van der Waals surface area (Å²) in [5.41, 5.74) is 6.07. The molecule has 6 heteroatoms. The van der Waals surface area contributed by atoms with E-state index in [2.05, 4.69) is 76.8 Å². The number of carbonyl (C=O) groups is 1. The summed E-state index contributed by atoms with van der Waals surface area (Å²) in [6, 6.07) is 15.0. The number of hydrogen-bond donors (Lipinski definition) is 3. The van der Waals surface area contributed by atoms with Gasteiger partial charge in [-0.1, -0.05) is 42.0 Å². The molecule has 1 saturated heterocycles. The lowest BCUT2D eigenvalue weighted by molar-refractivity contribution is 0.0167. The topological polar surface area (TPSA) is 69.4 Å². The first-order chi connectivity index (χ1) is 15.1.